The van der Waals surface area contributed by atoms with Crippen LogP contribution in [0.5, 0.6) is 0 Å². The summed E-state index contributed by atoms with van der Waals surface area (Å²) in [4.78, 5) is 47.4. The Balaban J connectivity index is 2.07. The summed E-state index contributed by atoms with van der Waals surface area (Å²) in [6.07, 6.45) is -2.33. The Bertz CT molecular complexity index is 790. The molecule has 2 unspecified atom stereocenters. The highest BCUT2D eigenvalue weighted by Crippen LogP contribution is 2.11. The van der Waals surface area contributed by atoms with Gasteiger partial charge in [0.25, 0.3) is 0 Å². The van der Waals surface area contributed by atoms with Crippen LogP contribution >= 0.6 is 0 Å². The van der Waals surface area contributed by atoms with Crippen molar-refractivity contribution in [3.63, 3.8) is 0 Å². The normalized spacial score (nSPS) is 12.2. The maximum atomic E-state index is 12.2. The van der Waals surface area contributed by atoms with Gasteiger partial charge in [0.1, 0.15) is 13.2 Å². The van der Waals surface area contributed by atoms with Gasteiger partial charge < -0.3 is 18.9 Å². The topological polar surface area (TPSA) is 105 Å². The van der Waals surface area contributed by atoms with Crippen LogP contribution in [0.15, 0.2) is 60.7 Å². The second kappa shape index (κ2) is 11.4. The van der Waals surface area contributed by atoms with Crippen molar-refractivity contribution >= 4 is 23.9 Å². The van der Waals surface area contributed by atoms with E-state index in [1.165, 1.54) is 0 Å². The highest BCUT2D eigenvalue weighted by atomic mass is 16.6. The number of hydrogen-bond donors (Lipinski definition) is 0. The molecule has 0 N–H and O–H groups in total. The highest BCUT2D eigenvalue weighted by Gasteiger charge is 2.30. The quantitative estimate of drug-likeness (QED) is 0.455. The molecular formula is C22H22O8. The third-order valence-electron chi connectivity index (χ3n) is 3.83. The predicted molar refractivity (Wildman–Crippen MR) is 105 cm³/mol. The molecule has 0 saturated heterocycles. The van der Waals surface area contributed by atoms with Crippen LogP contribution in [-0.2, 0) is 28.5 Å². The molecule has 30 heavy (non-hydrogen) atoms. The molecule has 0 fully saturated rings. The molecule has 0 aliphatic carbocycles. The van der Waals surface area contributed by atoms with Gasteiger partial charge in [0, 0.05) is 13.8 Å². The van der Waals surface area contributed by atoms with Crippen LogP contribution in [0.3, 0.4) is 0 Å². The summed E-state index contributed by atoms with van der Waals surface area (Å²) in [7, 11) is 0. The van der Waals surface area contributed by atoms with Gasteiger partial charge in [-0.15, -0.1) is 0 Å². The lowest BCUT2D eigenvalue weighted by Crippen LogP contribution is -2.42. The van der Waals surface area contributed by atoms with Crippen molar-refractivity contribution in [3.05, 3.63) is 71.8 Å². The van der Waals surface area contributed by atoms with E-state index in [9.17, 15) is 19.2 Å². The average molecular weight is 414 g/mol. The molecular weight excluding hydrogens is 392 g/mol. The lowest BCUT2D eigenvalue weighted by Gasteiger charge is -2.25. The van der Waals surface area contributed by atoms with Gasteiger partial charge in [0.05, 0.1) is 11.1 Å². The van der Waals surface area contributed by atoms with E-state index in [0.717, 1.165) is 13.8 Å². The number of rotatable bonds is 9. The van der Waals surface area contributed by atoms with E-state index in [2.05, 4.69) is 0 Å². The second-order valence-corrected chi connectivity index (χ2v) is 6.22. The second-order valence-electron chi connectivity index (χ2n) is 6.22. The maximum Gasteiger partial charge on any atom is 0.338 e. The molecule has 158 valence electrons. The molecule has 2 rings (SSSR count). The van der Waals surface area contributed by atoms with E-state index in [0.29, 0.717) is 11.1 Å². The number of esters is 4. The summed E-state index contributed by atoms with van der Waals surface area (Å²) < 4.78 is 20.7. The predicted octanol–water partition coefficient (Wildman–Crippen LogP) is 2.56. The van der Waals surface area contributed by atoms with Crippen LogP contribution in [0.4, 0.5) is 0 Å². The van der Waals surface area contributed by atoms with Gasteiger partial charge in [-0.3, -0.25) is 9.59 Å². The van der Waals surface area contributed by atoms with Crippen molar-refractivity contribution in [2.75, 3.05) is 13.2 Å². The molecule has 2 aromatic rings. The van der Waals surface area contributed by atoms with Gasteiger partial charge in [-0.1, -0.05) is 36.4 Å². The largest absolute Gasteiger partial charge is 0.458 e. The molecule has 0 aromatic heterocycles. The van der Waals surface area contributed by atoms with Gasteiger partial charge in [0.2, 0.25) is 0 Å². The summed E-state index contributed by atoms with van der Waals surface area (Å²) in [6.45, 7) is 1.53. The fourth-order valence-corrected chi connectivity index (χ4v) is 2.49. The Morgan fingerprint density at radius 2 is 0.967 bits per heavy atom. The van der Waals surface area contributed by atoms with Crippen molar-refractivity contribution in [2.24, 2.45) is 0 Å². The van der Waals surface area contributed by atoms with Crippen LogP contribution in [0.25, 0.3) is 0 Å². The Labute approximate surface area is 173 Å². The fourth-order valence-electron chi connectivity index (χ4n) is 2.49. The summed E-state index contributed by atoms with van der Waals surface area (Å²) >= 11 is 0. The fraction of sp³-hybridized carbons (Fsp3) is 0.273. The zero-order chi connectivity index (χ0) is 21.9. The molecule has 0 heterocycles. The van der Waals surface area contributed by atoms with Crippen LogP contribution in [0, 0.1) is 0 Å². The molecule has 2 aromatic carbocycles. The molecule has 0 aliphatic rings. The first-order chi connectivity index (χ1) is 14.4. The van der Waals surface area contributed by atoms with Crippen molar-refractivity contribution in [3.8, 4) is 0 Å². The molecule has 0 aliphatic heterocycles. The van der Waals surface area contributed by atoms with Crippen LogP contribution < -0.4 is 0 Å². The summed E-state index contributed by atoms with van der Waals surface area (Å²) in [5.41, 5.74) is 0.609. The smallest absolute Gasteiger partial charge is 0.338 e. The monoisotopic (exact) mass is 414 g/mol. The average Bonchev–Trinajstić information content (AvgIpc) is 2.74. The maximum absolute atomic E-state index is 12.2. The molecule has 0 spiro atoms. The van der Waals surface area contributed by atoms with Crippen molar-refractivity contribution in [1.29, 1.82) is 0 Å². The summed E-state index contributed by atoms with van der Waals surface area (Å²) in [5.74, 6) is -2.64. The van der Waals surface area contributed by atoms with Gasteiger partial charge in [-0.2, -0.15) is 0 Å². The van der Waals surface area contributed by atoms with E-state index < -0.39 is 49.3 Å². The van der Waals surface area contributed by atoms with Gasteiger partial charge >= 0.3 is 23.9 Å². The number of carbonyl (C=O) groups is 4. The first-order valence-electron chi connectivity index (χ1n) is 9.15. The lowest BCUT2D eigenvalue weighted by molar-refractivity contribution is -0.171. The number of benzene rings is 2. The number of ether oxygens (including phenoxy) is 4. The first-order valence-corrected chi connectivity index (χ1v) is 9.15. The first kappa shape index (κ1) is 22.6. The molecule has 0 bridgehead atoms. The number of carbonyl (C=O) groups excluding carboxylic acids is 4. The Morgan fingerprint density at radius 1 is 0.633 bits per heavy atom. The van der Waals surface area contributed by atoms with Crippen molar-refractivity contribution in [1.82, 2.24) is 0 Å². The minimum atomic E-state index is -1.16. The van der Waals surface area contributed by atoms with Crippen LogP contribution in [0.2, 0.25) is 0 Å². The van der Waals surface area contributed by atoms with Crippen molar-refractivity contribution < 1.29 is 38.1 Å². The summed E-state index contributed by atoms with van der Waals surface area (Å²) in [5, 5.41) is 0. The minimum absolute atomic E-state index is 0.304. The zero-order valence-electron chi connectivity index (χ0n) is 16.6. The zero-order valence-corrected chi connectivity index (χ0v) is 16.6. The van der Waals surface area contributed by atoms with E-state index in [4.69, 9.17) is 18.9 Å². The summed E-state index contributed by atoms with van der Waals surface area (Å²) in [6, 6.07) is 16.4. The molecule has 2 atom stereocenters. The van der Waals surface area contributed by atoms with E-state index in [-0.39, 0.29) is 0 Å². The van der Waals surface area contributed by atoms with E-state index >= 15 is 0 Å². The minimum Gasteiger partial charge on any atom is -0.458 e. The van der Waals surface area contributed by atoms with E-state index in [1.54, 1.807) is 60.7 Å². The van der Waals surface area contributed by atoms with Crippen LogP contribution in [-0.4, -0.2) is 49.3 Å². The van der Waals surface area contributed by atoms with Gasteiger partial charge in [-0.05, 0) is 24.3 Å². The third-order valence-corrected chi connectivity index (χ3v) is 3.83. The van der Waals surface area contributed by atoms with Crippen LogP contribution in [0.1, 0.15) is 34.6 Å². The number of hydrogen-bond acceptors (Lipinski definition) is 8. The standard InChI is InChI=1S/C22H22O8/c1-15(23)29-19(13-27-21(25)17-9-5-3-6-10-17)20(30-16(2)24)14-28-22(26)18-11-7-4-8-12-18/h3-12,19-20H,13-14H2,1-2H3. The van der Waals surface area contributed by atoms with Crippen molar-refractivity contribution in [2.45, 2.75) is 26.1 Å². The lowest BCUT2D eigenvalue weighted by atomic mass is 10.2. The molecule has 0 saturated carbocycles. The molecule has 8 nitrogen and oxygen atoms in total. The highest BCUT2D eigenvalue weighted by molar-refractivity contribution is 5.89. The Morgan fingerprint density at radius 3 is 1.27 bits per heavy atom. The Kier molecular flexibility index (Phi) is 8.56. The SMILES string of the molecule is CC(=O)OC(COC(=O)c1ccccc1)C(COC(=O)c1ccccc1)OC(C)=O. The third kappa shape index (κ3) is 7.38. The molecule has 0 radical (unpaired) electrons. The Hall–Kier alpha value is -3.68. The molecule has 8 heteroatoms. The van der Waals surface area contributed by atoms with E-state index in [1.807, 2.05) is 0 Å². The van der Waals surface area contributed by atoms with Gasteiger partial charge in [-0.25, -0.2) is 9.59 Å². The van der Waals surface area contributed by atoms with Gasteiger partial charge in [0.15, 0.2) is 12.2 Å². The molecule has 0 amide bonds.